The van der Waals surface area contributed by atoms with Crippen LogP contribution in [0.4, 0.5) is 0 Å². The first-order chi connectivity index (χ1) is 12.5. The molecule has 3 atom stereocenters. The Bertz CT molecular complexity index is 881. The number of likely N-dealkylation sites (tertiary alicyclic amines) is 1. The van der Waals surface area contributed by atoms with Crippen LogP contribution in [0.2, 0.25) is 0 Å². The first kappa shape index (κ1) is 17.7. The minimum absolute atomic E-state index is 0.0806. The zero-order valence-corrected chi connectivity index (χ0v) is 16.2. The zero-order chi connectivity index (χ0) is 18.3. The lowest BCUT2D eigenvalue weighted by Gasteiger charge is -2.38. The molecule has 0 saturated carbocycles. The van der Waals surface area contributed by atoms with Crippen molar-refractivity contribution in [3.8, 4) is 0 Å². The van der Waals surface area contributed by atoms with Crippen LogP contribution in [-0.4, -0.2) is 49.2 Å². The summed E-state index contributed by atoms with van der Waals surface area (Å²) in [5.41, 5.74) is 1.22. The zero-order valence-electron chi connectivity index (χ0n) is 14.6. The number of fused-ring (bicyclic) bond motifs is 1. The van der Waals surface area contributed by atoms with Gasteiger partial charge in [-0.15, -0.1) is 0 Å². The molecule has 0 radical (unpaired) electrons. The van der Waals surface area contributed by atoms with E-state index >= 15 is 0 Å². The number of benzene rings is 1. The predicted molar refractivity (Wildman–Crippen MR) is 102 cm³/mol. The van der Waals surface area contributed by atoms with E-state index < -0.39 is 10.0 Å². The van der Waals surface area contributed by atoms with Gasteiger partial charge in [0.2, 0.25) is 15.9 Å². The summed E-state index contributed by atoms with van der Waals surface area (Å²) in [5.74, 6) is 0.418. The minimum atomic E-state index is -3.50. The van der Waals surface area contributed by atoms with Gasteiger partial charge in [0, 0.05) is 44.4 Å². The summed E-state index contributed by atoms with van der Waals surface area (Å²) in [6.45, 7) is 3.21. The molecule has 4 rings (SSSR count). The third-order valence-electron chi connectivity index (χ3n) is 5.65. The number of piperidine rings is 1. The highest BCUT2D eigenvalue weighted by molar-refractivity contribution is 7.89. The van der Waals surface area contributed by atoms with E-state index in [-0.39, 0.29) is 23.8 Å². The number of hydrogen-bond acceptors (Lipinski definition) is 4. The van der Waals surface area contributed by atoms with Crippen molar-refractivity contribution in [3.05, 3.63) is 52.7 Å². The molecule has 1 amide bonds. The van der Waals surface area contributed by atoms with Gasteiger partial charge in [0.05, 0.1) is 4.90 Å². The van der Waals surface area contributed by atoms with Gasteiger partial charge in [-0.05, 0) is 40.9 Å². The fraction of sp³-hybridized carbons (Fsp3) is 0.421. The predicted octanol–water partition coefficient (Wildman–Crippen LogP) is 2.77. The molecule has 2 aliphatic rings. The van der Waals surface area contributed by atoms with Crippen molar-refractivity contribution in [1.82, 2.24) is 9.21 Å². The van der Waals surface area contributed by atoms with Crippen LogP contribution in [-0.2, 0) is 14.8 Å². The number of sulfonamides is 1. The van der Waals surface area contributed by atoms with E-state index in [4.69, 9.17) is 0 Å². The lowest BCUT2D eigenvalue weighted by atomic mass is 9.83. The van der Waals surface area contributed by atoms with E-state index in [0.717, 1.165) is 0 Å². The van der Waals surface area contributed by atoms with E-state index in [1.807, 2.05) is 16.3 Å². The van der Waals surface area contributed by atoms with Crippen molar-refractivity contribution < 1.29 is 13.2 Å². The Labute approximate surface area is 158 Å². The van der Waals surface area contributed by atoms with Crippen LogP contribution in [0.1, 0.15) is 24.8 Å². The summed E-state index contributed by atoms with van der Waals surface area (Å²) in [6.07, 6.45) is 0.691. The van der Waals surface area contributed by atoms with Gasteiger partial charge < -0.3 is 4.90 Å². The lowest BCUT2D eigenvalue weighted by molar-refractivity contribution is -0.130. The number of carbonyl (C=O) groups is 1. The van der Waals surface area contributed by atoms with Crippen molar-refractivity contribution >= 4 is 27.3 Å². The molecule has 0 aliphatic carbocycles. The van der Waals surface area contributed by atoms with Gasteiger partial charge in [-0.1, -0.05) is 18.2 Å². The van der Waals surface area contributed by atoms with E-state index in [1.54, 1.807) is 46.8 Å². The fourth-order valence-electron chi connectivity index (χ4n) is 4.36. The molecule has 1 aromatic carbocycles. The third kappa shape index (κ3) is 2.98. The van der Waals surface area contributed by atoms with Crippen LogP contribution in [0.25, 0.3) is 0 Å². The quantitative estimate of drug-likeness (QED) is 0.810. The van der Waals surface area contributed by atoms with Crippen LogP contribution in [0, 0.1) is 5.92 Å². The van der Waals surface area contributed by atoms with Gasteiger partial charge in [0.15, 0.2) is 0 Å². The summed E-state index contributed by atoms with van der Waals surface area (Å²) < 4.78 is 27.7. The van der Waals surface area contributed by atoms with Crippen molar-refractivity contribution in [2.75, 3.05) is 19.6 Å². The second-order valence-corrected chi connectivity index (χ2v) is 9.75. The second-order valence-electron chi connectivity index (χ2n) is 7.03. The number of rotatable bonds is 3. The molecule has 0 spiro atoms. The second kappa shape index (κ2) is 6.79. The maximum Gasteiger partial charge on any atom is 0.243 e. The highest BCUT2D eigenvalue weighted by Gasteiger charge is 2.48. The van der Waals surface area contributed by atoms with Gasteiger partial charge >= 0.3 is 0 Å². The van der Waals surface area contributed by atoms with Gasteiger partial charge in [0.25, 0.3) is 0 Å². The van der Waals surface area contributed by atoms with E-state index in [9.17, 15) is 13.2 Å². The monoisotopic (exact) mass is 390 g/mol. The molecule has 5 nitrogen and oxygen atoms in total. The Morgan fingerprint density at radius 1 is 1.15 bits per heavy atom. The van der Waals surface area contributed by atoms with E-state index in [0.29, 0.717) is 31.0 Å². The van der Waals surface area contributed by atoms with Gasteiger partial charge in [0.1, 0.15) is 0 Å². The molecule has 138 valence electrons. The van der Waals surface area contributed by atoms with Crippen LogP contribution in [0.5, 0.6) is 0 Å². The molecule has 0 unspecified atom stereocenters. The summed E-state index contributed by atoms with van der Waals surface area (Å²) in [4.78, 5) is 14.4. The topological polar surface area (TPSA) is 57.7 Å². The smallest absolute Gasteiger partial charge is 0.243 e. The molecule has 2 saturated heterocycles. The third-order valence-corrected chi connectivity index (χ3v) is 8.23. The van der Waals surface area contributed by atoms with Crippen molar-refractivity contribution in [2.24, 2.45) is 5.92 Å². The summed E-state index contributed by atoms with van der Waals surface area (Å²) in [7, 11) is -3.50. The molecule has 1 aromatic heterocycles. The Balaban J connectivity index is 1.64. The van der Waals surface area contributed by atoms with E-state index in [1.165, 1.54) is 5.56 Å². The first-order valence-electron chi connectivity index (χ1n) is 8.83. The van der Waals surface area contributed by atoms with Crippen LogP contribution >= 0.6 is 11.3 Å². The molecule has 7 heteroatoms. The SMILES string of the molecule is CC(=O)N1C[C@@H](c2ccsc2)[C@@H]2CN(S(=O)(=O)c3ccccc3)CC[C@@H]21. The number of hydrogen-bond donors (Lipinski definition) is 0. The summed E-state index contributed by atoms with van der Waals surface area (Å²) in [5, 5.41) is 4.16. The molecule has 0 bridgehead atoms. The van der Waals surface area contributed by atoms with Crippen molar-refractivity contribution in [3.63, 3.8) is 0 Å². The van der Waals surface area contributed by atoms with Crippen LogP contribution in [0.15, 0.2) is 52.1 Å². The summed E-state index contributed by atoms with van der Waals surface area (Å²) in [6, 6.07) is 10.8. The largest absolute Gasteiger partial charge is 0.339 e. The van der Waals surface area contributed by atoms with Crippen LogP contribution in [0.3, 0.4) is 0 Å². The maximum absolute atomic E-state index is 13.0. The molecule has 3 heterocycles. The summed E-state index contributed by atoms with van der Waals surface area (Å²) >= 11 is 1.64. The Hall–Kier alpha value is -1.70. The number of amides is 1. The Morgan fingerprint density at radius 2 is 1.92 bits per heavy atom. The van der Waals surface area contributed by atoms with E-state index in [2.05, 4.69) is 11.4 Å². The highest BCUT2D eigenvalue weighted by Crippen LogP contribution is 2.43. The first-order valence-corrected chi connectivity index (χ1v) is 11.2. The molecule has 0 N–H and O–H groups in total. The number of nitrogens with zero attached hydrogens (tertiary/aromatic N) is 2. The molecule has 26 heavy (non-hydrogen) atoms. The highest BCUT2D eigenvalue weighted by atomic mass is 32.2. The van der Waals surface area contributed by atoms with Gasteiger partial charge in [-0.2, -0.15) is 15.6 Å². The minimum Gasteiger partial charge on any atom is -0.339 e. The fourth-order valence-corrected chi connectivity index (χ4v) is 6.60. The average molecular weight is 391 g/mol. The molecule has 2 aromatic rings. The molecule has 2 fully saturated rings. The Kier molecular flexibility index (Phi) is 4.62. The Morgan fingerprint density at radius 3 is 2.58 bits per heavy atom. The van der Waals surface area contributed by atoms with Gasteiger partial charge in [-0.3, -0.25) is 4.79 Å². The number of thiophene rings is 1. The lowest BCUT2D eigenvalue weighted by Crippen LogP contribution is -2.49. The molecule has 2 aliphatic heterocycles. The number of carbonyl (C=O) groups excluding carboxylic acids is 1. The normalized spacial score (nSPS) is 26.7. The molecular weight excluding hydrogens is 368 g/mol. The van der Waals surface area contributed by atoms with Crippen LogP contribution < -0.4 is 0 Å². The maximum atomic E-state index is 13.0. The van der Waals surface area contributed by atoms with Gasteiger partial charge in [-0.25, -0.2) is 8.42 Å². The van der Waals surface area contributed by atoms with Crippen molar-refractivity contribution in [2.45, 2.75) is 30.2 Å². The molecular formula is C19H22N2O3S2. The van der Waals surface area contributed by atoms with Crippen molar-refractivity contribution in [1.29, 1.82) is 0 Å². The average Bonchev–Trinajstić information content (AvgIpc) is 3.29. The standard InChI is InChI=1S/C19H22N2O3S2/c1-14(22)21-12-17(15-8-10-25-13-15)18-11-20(9-7-19(18)21)26(23,24)16-5-3-2-4-6-16/h2-6,8,10,13,17-19H,7,9,11-12H2,1H3/t17-,18-,19-/m0/s1.